The number of hydrogen-bond acceptors (Lipinski definition) is 1. The van der Waals surface area contributed by atoms with Gasteiger partial charge in [-0.15, -0.1) is 0 Å². The first kappa shape index (κ1) is 16.5. The highest BCUT2D eigenvalue weighted by molar-refractivity contribution is 6.31. The van der Waals surface area contributed by atoms with Crippen LogP contribution in [0.2, 0.25) is 5.02 Å². The quantitative estimate of drug-likeness (QED) is 0.813. The van der Waals surface area contributed by atoms with E-state index in [4.69, 9.17) is 11.6 Å². The molecule has 0 aliphatic carbocycles. The number of aryl methyl sites for hydroxylation is 1. The summed E-state index contributed by atoms with van der Waals surface area (Å²) < 4.78 is 0. The van der Waals surface area contributed by atoms with Crippen LogP contribution < -0.4 is 5.32 Å². The molecule has 0 saturated heterocycles. The maximum Gasteiger partial charge on any atom is 0.0440 e. The van der Waals surface area contributed by atoms with E-state index in [-0.39, 0.29) is 5.41 Å². The third-order valence-electron chi connectivity index (χ3n) is 3.67. The first-order valence-corrected chi connectivity index (χ1v) is 7.56. The summed E-state index contributed by atoms with van der Waals surface area (Å²) in [6.45, 7) is 14.4. The summed E-state index contributed by atoms with van der Waals surface area (Å²) in [5.74, 6) is 0.579. The molecule has 1 atom stereocenters. The lowest BCUT2D eigenvalue weighted by atomic mass is 9.77. The van der Waals surface area contributed by atoms with Gasteiger partial charge in [0.05, 0.1) is 0 Å². The SMILES string of the molecule is Cc1ccc(CC(CNC(C)C)C(C)(C)C)c(Cl)c1. The lowest BCUT2D eigenvalue weighted by Crippen LogP contribution is -2.36. The summed E-state index contributed by atoms with van der Waals surface area (Å²) >= 11 is 6.37. The number of hydrogen-bond donors (Lipinski definition) is 1. The molecular formula is C17H28ClN. The van der Waals surface area contributed by atoms with Crippen molar-refractivity contribution in [2.75, 3.05) is 6.54 Å². The molecule has 0 aliphatic rings. The van der Waals surface area contributed by atoms with E-state index in [9.17, 15) is 0 Å². The molecule has 0 aliphatic heterocycles. The van der Waals surface area contributed by atoms with Crippen molar-refractivity contribution in [1.29, 1.82) is 0 Å². The molecule has 1 aromatic rings. The molecule has 0 bridgehead atoms. The van der Waals surface area contributed by atoms with Gasteiger partial charge in [-0.25, -0.2) is 0 Å². The van der Waals surface area contributed by atoms with E-state index in [0.29, 0.717) is 12.0 Å². The minimum Gasteiger partial charge on any atom is -0.314 e. The van der Waals surface area contributed by atoms with Crippen LogP contribution in [0.15, 0.2) is 18.2 Å². The summed E-state index contributed by atoms with van der Waals surface area (Å²) in [5.41, 5.74) is 2.76. The lowest BCUT2D eigenvalue weighted by molar-refractivity contribution is 0.226. The standard InChI is InChI=1S/C17H28ClN/c1-12(2)19-11-15(17(4,5)6)10-14-8-7-13(3)9-16(14)18/h7-9,12,15,19H,10-11H2,1-6H3. The van der Waals surface area contributed by atoms with E-state index in [2.05, 4.69) is 65.1 Å². The minimum absolute atomic E-state index is 0.274. The molecule has 0 saturated carbocycles. The van der Waals surface area contributed by atoms with Crippen LogP contribution in [-0.2, 0) is 6.42 Å². The normalized spacial score (nSPS) is 13.9. The van der Waals surface area contributed by atoms with Gasteiger partial charge in [0.2, 0.25) is 0 Å². The monoisotopic (exact) mass is 281 g/mol. The molecular weight excluding hydrogens is 254 g/mol. The summed E-state index contributed by atoms with van der Waals surface area (Å²) in [4.78, 5) is 0. The van der Waals surface area contributed by atoms with Crippen molar-refractivity contribution in [3.63, 3.8) is 0 Å². The molecule has 1 rings (SSSR count). The van der Waals surface area contributed by atoms with Crippen LogP contribution in [0, 0.1) is 18.3 Å². The Labute approximate surface area is 123 Å². The van der Waals surface area contributed by atoms with Crippen molar-refractivity contribution in [2.24, 2.45) is 11.3 Å². The van der Waals surface area contributed by atoms with Gasteiger partial charge in [-0.05, 0) is 48.4 Å². The van der Waals surface area contributed by atoms with Crippen molar-refractivity contribution >= 4 is 11.6 Å². The van der Waals surface area contributed by atoms with Gasteiger partial charge < -0.3 is 5.32 Å². The van der Waals surface area contributed by atoms with Crippen LogP contribution in [0.1, 0.15) is 45.7 Å². The predicted molar refractivity (Wildman–Crippen MR) is 86.0 cm³/mol. The second kappa shape index (κ2) is 6.76. The Kier molecular flexibility index (Phi) is 5.88. The third kappa shape index (κ3) is 5.54. The first-order chi connectivity index (χ1) is 8.70. The first-order valence-electron chi connectivity index (χ1n) is 7.18. The molecule has 1 aromatic carbocycles. The van der Waals surface area contributed by atoms with E-state index in [1.54, 1.807) is 0 Å². The van der Waals surface area contributed by atoms with E-state index < -0.39 is 0 Å². The Hall–Kier alpha value is -0.530. The molecule has 1 N–H and O–H groups in total. The van der Waals surface area contributed by atoms with Crippen LogP contribution in [-0.4, -0.2) is 12.6 Å². The van der Waals surface area contributed by atoms with Gasteiger partial charge in [0.15, 0.2) is 0 Å². The van der Waals surface area contributed by atoms with Gasteiger partial charge in [-0.1, -0.05) is 58.4 Å². The number of benzene rings is 1. The maximum absolute atomic E-state index is 6.37. The Bertz CT molecular complexity index is 404. The average Bonchev–Trinajstić information content (AvgIpc) is 2.24. The molecule has 0 amide bonds. The van der Waals surface area contributed by atoms with E-state index in [0.717, 1.165) is 18.0 Å². The minimum atomic E-state index is 0.274. The van der Waals surface area contributed by atoms with Crippen molar-refractivity contribution in [3.05, 3.63) is 34.3 Å². The molecule has 0 fully saturated rings. The molecule has 19 heavy (non-hydrogen) atoms. The second-order valence-corrected chi connectivity index (χ2v) is 7.33. The van der Waals surface area contributed by atoms with Gasteiger partial charge in [-0.3, -0.25) is 0 Å². The molecule has 1 unspecified atom stereocenters. The van der Waals surface area contributed by atoms with Crippen molar-refractivity contribution < 1.29 is 0 Å². The van der Waals surface area contributed by atoms with Gasteiger partial charge >= 0.3 is 0 Å². The molecule has 0 aromatic heterocycles. The highest BCUT2D eigenvalue weighted by atomic mass is 35.5. The van der Waals surface area contributed by atoms with Crippen LogP contribution in [0.25, 0.3) is 0 Å². The summed E-state index contributed by atoms with van der Waals surface area (Å²) in [7, 11) is 0. The summed E-state index contributed by atoms with van der Waals surface area (Å²) in [6.07, 6.45) is 1.03. The zero-order valence-corrected chi connectivity index (χ0v) is 13.9. The van der Waals surface area contributed by atoms with Gasteiger partial charge in [0.1, 0.15) is 0 Å². The topological polar surface area (TPSA) is 12.0 Å². The van der Waals surface area contributed by atoms with Crippen molar-refractivity contribution in [3.8, 4) is 0 Å². The van der Waals surface area contributed by atoms with Crippen LogP contribution in [0.4, 0.5) is 0 Å². The Morgan fingerprint density at radius 3 is 2.32 bits per heavy atom. The zero-order valence-electron chi connectivity index (χ0n) is 13.2. The Balaban J connectivity index is 2.82. The van der Waals surface area contributed by atoms with Gasteiger partial charge in [-0.2, -0.15) is 0 Å². The van der Waals surface area contributed by atoms with Crippen LogP contribution in [0.3, 0.4) is 0 Å². The second-order valence-electron chi connectivity index (χ2n) is 6.92. The molecule has 0 radical (unpaired) electrons. The largest absolute Gasteiger partial charge is 0.314 e. The fraction of sp³-hybridized carbons (Fsp3) is 0.647. The number of nitrogens with one attached hydrogen (secondary N) is 1. The molecule has 0 spiro atoms. The Morgan fingerprint density at radius 2 is 1.84 bits per heavy atom. The van der Waals surface area contributed by atoms with Gasteiger partial charge in [0.25, 0.3) is 0 Å². The summed E-state index contributed by atoms with van der Waals surface area (Å²) in [5, 5.41) is 4.46. The lowest BCUT2D eigenvalue weighted by Gasteiger charge is -2.32. The predicted octanol–water partition coefficient (Wildman–Crippen LogP) is 4.85. The number of rotatable bonds is 5. The fourth-order valence-electron chi connectivity index (χ4n) is 2.15. The van der Waals surface area contributed by atoms with Crippen LogP contribution >= 0.6 is 11.6 Å². The molecule has 1 nitrogen and oxygen atoms in total. The van der Waals surface area contributed by atoms with E-state index >= 15 is 0 Å². The molecule has 0 heterocycles. The van der Waals surface area contributed by atoms with Gasteiger partial charge in [0, 0.05) is 11.1 Å². The number of halogens is 1. The zero-order chi connectivity index (χ0) is 14.6. The third-order valence-corrected chi connectivity index (χ3v) is 4.02. The smallest absolute Gasteiger partial charge is 0.0440 e. The van der Waals surface area contributed by atoms with E-state index in [1.165, 1.54) is 11.1 Å². The molecule has 108 valence electrons. The highest BCUT2D eigenvalue weighted by Gasteiger charge is 2.25. The highest BCUT2D eigenvalue weighted by Crippen LogP contribution is 2.31. The van der Waals surface area contributed by atoms with Crippen molar-refractivity contribution in [2.45, 2.75) is 54.0 Å². The van der Waals surface area contributed by atoms with Crippen molar-refractivity contribution in [1.82, 2.24) is 5.32 Å². The van der Waals surface area contributed by atoms with Crippen LogP contribution in [0.5, 0.6) is 0 Å². The van der Waals surface area contributed by atoms with E-state index in [1.807, 2.05) is 0 Å². The maximum atomic E-state index is 6.37. The Morgan fingerprint density at radius 1 is 1.21 bits per heavy atom. The average molecular weight is 282 g/mol. The summed E-state index contributed by atoms with van der Waals surface area (Å²) in [6, 6.07) is 6.91. The fourth-order valence-corrected chi connectivity index (χ4v) is 2.46. The molecule has 2 heteroatoms.